The van der Waals surface area contributed by atoms with E-state index in [0.29, 0.717) is 35.0 Å². The smallest absolute Gasteiger partial charge is 0.255 e. The summed E-state index contributed by atoms with van der Waals surface area (Å²) in [5, 5.41) is 5.69. The lowest BCUT2D eigenvalue weighted by Crippen LogP contribution is -2.27. The maximum absolute atomic E-state index is 12.5. The van der Waals surface area contributed by atoms with Crippen molar-refractivity contribution in [2.24, 2.45) is 5.92 Å². The monoisotopic (exact) mass is 340 g/mol. The summed E-state index contributed by atoms with van der Waals surface area (Å²) in [6.07, 6.45) is 0. The van der Waals surface area contributed by atoms with Crippen molar-refractivity contribution in [3.8, 4) is 5.75 Å². The molecular formula is C20H24N2O3. The molecule has 2 amide bonds. The number of rotatable bonds is 6. The summed E-state index contributed by atoms with van der Waals surface area (Å²) < 4.78 is 5.27. The van der Waals surface area contributed by atoms with Crippen LogP contribution in [0.3, 0.4) is 0 Å². The van der Waals surface area contributed by atoms with Gasteiger partial charge in [0, 0.05) is 17.7 Å². The van der Waals surface area contributed by atoms with Crippen LogP contribution in [-0.2, 0) is 0 Å². The zero-order chi connectivity index (χ0) is 18.4. The predicted molar refractivity (Wildman–Crippen MR) is 99.3 cm³/mol. The van der Waals surface area contributed by atoms with Gasteiger partial charge in [-0.1, -0.05) is 26.0 Å². The van der Waals surface area contributed by atoms with Gasteiger partial charge in [-0.2, -0.15) is 0 Å². The molecule has 0 aliphatic heterocycles. The van der Waals surface area contributed by atoms with E-state index in [1.165, 1.54) is 0 Å². The molecule has 0 radical (unpaired) electrons. The molecule has 0 spiro atoms. The molecule has 0 aromatic heterocycles. The quantitative estimate of drug-likeness (QED) is 0.843. The number of amides is 2. The van der Waals surface area contributed by atoms with Crippen LogP contribution < -0.4 is 15.4 Å². The van der Waals surface area contributed by atoms with Crippen molar-refractivity contribution in [3.05, 3.63) is 59.2 Å². The lowest BCUT2D eigenvalue weighted by Gasteiger charge is -2.12. The van der Waals surface area contributed by atoms with E-state index in [2.05, 4.69) is 10.6 Å². The fourth-order valence-electron chi connectivity index (χ4n) is 2.31. The summed E-state index contributed by atoms with van der Waals surface area (Å²) in [6, 6.07) is 12.2. The molecule has 0 aliphatic rings. The van der Waals surface area contributed by atoms with Crippen molar-refractivity contribution in [1.29, 1.82) is 0 Å². The van der Waals surface area contributed by atoms with Gasteiger partial charge in [-0.15, -0.1) is 0 Å². The van der Waals surface area contributed by atoms with E-state index in [4.69, 9.17) is 4.74 Å². The first-order valence-corrected chi connectivity index (χ1v) is 8.25. The molecule has 0 bridgehead atoms. The van der Waals surface area contributed by atoms with Gasteiger partial charge in [-0.3, -0.25) is 9.59 Å². The van der Waals surface area contributed by atoms with Gasteiger partial charge in [0.25, 0.3) is 11.8 Å². The first-order chi connectivity index (χ1) is 11.9. The standard InChI is InChI=1S/C20H24N2O3/c1-13(2)12-21-19(23)15-6-5-7-16(11-15)20(24)22-17-10-14(3)8-9-18(17)25-4/h5-11,13H,12H2,1-4H3,(H,21,23)(H,22,24). The Hall–Kier alpha value is -2.82. The molecule has 5 heteroatoms. The molecule has 5 nitrogen and oxygen atoms in total. The first kappa shape index (κ1) is 18.5. The topological polar surface area (TPSA) is 67.4 Å². The molecule has 132 valence electrons. The van der Waals surface area contributed by atoms with Crippen LogP contribution in [0.5, 0.6) is 5.75 Å². The average molecular weight is 340 g/mol. The molecule has 2 aromatic rings. The lowest BCUT2D eigenvalue weighted by atomic mass is 10.1. The molecule has 0 unspecified atom stereocenters. The number of anilines is 1. The maximum Gasteiger partial charge on any atom is 0.255 e. The minimum absolute atomic E-state index is 0.184. The van der Waals surface area contributed by atoms with E-state index in [0.717, 1.165) is 5.56 Å². The fraction of sp³-hybridized carbons (Fsp3) is 0.300. The van der Waals surface area contributed by atoms with Gasteiger partial charge in [-0.25, -0.2) is 0 Å². The van der Waals surface area contributed by atoms with Crippen LogP contribution >= 0.6 is 0 Å². The molecule has 0 saturated carbocycles. The van der Waals surface area contributed by atoms with Crippen molar-refractivity contribution in [3.63, 3.8) is 0 Å². The van der Waals surface area contributed by atoms with Crippen molar-refractivity contribution in [2.45, 2.75) is 20.8 Å². The minimum Gasteiger partial charge on any atom is -0.495 e. The van der Waals surface area contributed by atoms with Gasteiger partial charge in [0.1, 0.15) is 5.75 Å². The fourth-order valence-corrected chi connectivity index (χ4v) is 2.31. The van der Waals surface area contributed by atoms with Crippen LogP contribution in [0.2, 0.25) is 0 Å². The van der Waals surface area contributed by atoms with Crippen LogP contribution in [0.1, 0.15) is 40.1 Å². The van der Waals surface area contributed by atoms with E-state index in [9.17, 15) is 9.59 Å². The summed E-state index contributed by atoms with van der Waals surface area (Å²) in [5.41, 5.74) is 2.49. The summed E-state index contributed by atoms with van der Waals surface area (Å²) >= 11 is 0. The molecule has 0 fully saturated rings. The van der Waals surface area contributed by atoms with Crippen molar-refractivity contribution in [2.75, 3.05) is 19.0 Å². The Kier molecular flexibility index (Phi) is 6.17. The number of methoxy groups -OCH3 is 1. The van der Waals surface area contributed by atoms with E-state index in [1.807, 2.05) is 32.9 Å². The normalized spacial score (nSPS) is 10.4. The van der Waals surface area contributed by atoms with Crippen LogP contribution in [0.4, 0.5) is 5.69 Å². The number of nitrogens with one attached hydrogen (secondary N) is 2. The Morgan fingerprint density at radius 1 is 1.04 bits per heavy atom. The van der Waals surface area contributed by atoms with Crippen molar-refractivity contribution >= 4 is 17.5 Å². The number of carbonyl (C=O) groups excluding carboxylic acids is 2. The number of ether oxygens (including phenoxy) is 1. The Bertz CT molecular complexity index is 769. The van der Waals surface area contributed by atoms with Gasteiger partial charge in [0.15, 0.2) is 0 Å². The van der Waals surface area contributed by atoms with Gasteiger partial charge in [0.2, 0.25) is 0 Å². The number of hydrogen-bond acceptors (Lipinski definition) is 3. The highest BCUT2D eigenvalue weighted by Gasteiger charge is 2.13. The summed E-state index contributed by atoms with van der Waals surface area (Å²) in [7, 11) is 1.56. The van der Waals surface area contributed by atoms with E-state index in [-0.39, 0.29) is 11.8 Å². The van der Waals surface area contributed by atoms with E-state index >= 15 is 0 Å². The lowest BCUT2D eigenvalue weighted by molar-refractivity contribution is 0.0949. The maximum atomic E-state index is 12.5. The van der Waals surface area contributed by atoms with Gasteiger partial charge < -0.3 is 15.4 Å². The summed E-state index contributed by atoms with van der Waals surface area (Å²) in [6.45, 7) is 6.59. The number of carbonyl (C=O) groups is 2. The zero-order valence-corrected chi connectivity index (χ0v) is 15.1. The second-order valence-corrected chi connectivity index (χ2v) is 6.34. The van der Waals surface area contributed by atoms with Crippen LogP contribution in [-0.4, -0.2) is 25.5 Å². The molecular weight excluding hydrogens is 316 g/mol. The molecule has 2 rings (SSSR count). The third kappa shape index (κ3) is 5.08. The Morgan fingerprint density at radius 3 is 2.36 bits per heavy atom. The third-order valence-corrected chi connectivity index (χ3v) is 3.66. The average Bonchev–Trinajstić information content (AvgIpc) is 2.60. The molecule has 2 aromatic carbocycles. The molecule has 0 aliphatic carbocycles. The highest BCUT2D eigenvalue weighted by Crippen LogP contribution is 2.25. The highest BCUT2D eigenvalue weighted by molar-refractivity contribution is 6.06. The molecule has 25 heavy (non-hydrogen) atoms. The molecule has 0 saturated heterocycles. The van der Waals surface area contributed by atoms with Crippen molar-refractivity contribution < 1.29 is 14.3 Å². The van der Waals surface area contributed by atoms with E-state index < -0.39 is 0 Å². The zero-order valence-electron chi connectivity index (χ0n) is 15.1. The predicted octanol–water partition coefficient (Wildman–Crippen LogP) is 3.64. The third-order valence-electron chi connectivity index (χ3n) is 3.66. The van der Waals surface area contributed by atoms with E-state index in [1.54, 1.807) is 37.4 Å². The Morgan fingerprint density at radius 2 is 1.72 bits per heavy atom. The Balaban J connectivity index is 2.16. The SMILES string of the molecule is COc1ccc(C)cc1NC(=O)c1cccc(C(=O)NCC(C)C)c1. The molecule has 0 atom stereocenters. The summed E-state index contributed by atoms with van der Waals surface area (Å²) in [4.78, 5) is 24.7. The minimum atomic E-state index is -0.289. The number of hydrogen-bond donors (Lipinski definition) is 2. The van der Waals surface area contributed by atoms with Gasteiger partial charge in [-0.05, 0) is 48.7 Å². The second kappa shape index (κ2) is 8.33. The van der Waals surface area contributed by atoms with Crippen molar-refractivity contribution in [1.82, 2.24) is 5.32 Å². The molecule has 0 heterocycles. The van der Waals surface area contributed by atoms with Crippen LogP contribution in [0.15, 0.2) is 42.5 Å². The van der Waals surface area contributed by atoms with Crippen LogP contribution in [0, 0.1) is 12.8 Å². The van der Waals surface area contributed by atoms with Crippen LogP contribution in [0.25, 0.3) is 0 Å². The Labute approximate surface area is 148 Å². The van der Waals surface area contributed by atoms with Gasteiger partial charge >= 0.3 is 0 Å². The van der Waals surface area contributed by atoms with Gasteiger partial charge in [0.05, 0.1) is 12.8 Å². The largest absolute Gasteiger partial charge is 0.495 e. The number of aryl methyl sites for hydroxylation is 1. The molecule has 2 N–H and O–H groups in total. The number of benzene rings is 2. The highest BCUT2D eigenvalue weighted by atomic mass is 16.5. The first-order valence-electron chi connectivity index (χ1n) is 8.25. The summed E-state index contributed by atoms with van der Waals surface area (Å²) in [5.74, 6) is 0.480. The second-order valence-electron chi connectivity index (χ2n) is 6.34.